The molecule has 0 saturated carbocycles. The van der Waals surface area contributed by atoms with Gasteiger partial charge in [0.15, 0.2) is 5.82 Å². The van der Waals surface area contributed by atoms with Crippen molar-refractivity contribution >= 4 is 18.4 Å². The number of H-pyrrole nitrogens is 1. The minimum Gasteiger partial charge on any atom is -0.250 e. The molecular weight excluding hydrogens is 356 g/mol. The van der Waals surface area contributed by atoms with E-state index in [2.05, 4.69) is 15.3 Å². The molecule has 0 fully saturated rings. The molecule has 1 heterocycles. The zero-order valence-electron chi connectivity index (χ0n) is 12.5. The Balaban J connectivity index is 1.90. The Morgan fingerprint density at radius 3 is 2.28 bits per heavy atom. The molecule has 4 nitrogen and oxygen atoms in total. The molecule has 0 atom stereocenters. The molecule has 128 valence electrons. The van der Waals surface area contributed by atoms with Crippen LogP contribution in [0.25, 0.3) is 11.4 Å². The maximum Gasteiger partial charge on any atom is 0.416 e. The fraction of sp³-hybridized carbons (Fsp3) is 0.0625. The summed E-state index contributed by atoms with van der Waals surface area (Å²) in [6.45, 7) is 0. The van der Waals surface area contributed by atoms with Crippen LogP contribution in [0.2, 0.25) is 0 Å². The van der Waals surface area contributed by atoms with Gasteiger partial charge in [0.05, 0.1) is 11.8 Å². The highest BCUT2D eigenvalue weighted by molar-refractivity contribution is 7.71. The van der Waals surface area contributed by atoms with E-state index in [0.717, 1.165) is 12.1 Å². The quantitative estimate of drug-likeness (QED) is 0.417. The van der Waals surface area contributed by atoms with E-state index >= 15 is 0 Å². The van der Waals surface area contributed by atoms with Crippen molar-refractivity contribution in [1.29, 1.82) is 0 Å². The smallest absolute Gasteiger partial charge is 0.250 e. The third kappa shape index (κ3) is 3.82. The summed E-state index contributed by atoms with van der Waals surface area (Å²) in [5.41, 5.74) is 0.302. The number of alkyl halides is 3. The lowest BCUT2D eigenvalue weighted by Crippen LogP contribution is -2.04. The predicted molar refractivity (Wildman–Crippen MR) is 87.2 cm³/mol. The van der Waals surface area contributed by atoms with Crippen LogP contribution in [0.5, 0.6) is 0 Å². The molecule has 1 aromatic heterocycles. The van der Waals surface area contributed by atoms with Crippen molar-refractivity contribution in [3.05, 3.63) is 70.2 Å². The lowest BCUT2D eigenvalue weighted by Gasteiger charge is -2.05. The SMILES string of the molecule is Fc1ccc(-c2n[nH]c(=S)n2N=Cc2ccc(C(F)(F)F)cc2)cc1. The fourth-order valence-electron chi connectivity index (χ4n) is 2.07. The van der Waals surface area contributed by atoms with E-state index in [0.29, 0.717) is 17.0 Å². The Labute approximate surface area is 144 Å². The van der Waals surface area contributed by atoms with Crippen LogP contribution in [0.4, 0.5) is 17.6 Å². The van der Waals surface area contributed by atoms with Gasteiger partial charge in [-0.3, -0.25) is 0 Å². The van der Waals surface area contributed by atoms with E-state index in [1.807, 2.05) is 0 Å². The number of rotatable bonds is 3. The van der Waals surface area contributed by atoms with Crippen molar-refractivity contribution in [2.45, 2.75) is 6.18 Å². The lowest BCUT2D eigenvalue weighted by atomic mass is 10.1. The summed E-state index contributed by atoms with van der Waals surface area (Å²) in [7, 11) is 0. The van der Waals surface area contributed by atoms with Gasteiger partial charge >= 0.3 is 6.18 Å². The topological polar surface area (TPSA) is 46.0 Å². The van der Waals surface area contributed by atoms with Crippen molar-refractivity contribution in [3.8, 4) is 11.4 Å². The zero-order valence-corrected chi connectivity index (χ0v) is 13.3. The van der Waals surface area contributed by atoms with E-state index in [-0.39, 0.29) is 4.77 Å². The number of aromatic nitrogens is 3. The van der Waals surface area contributed by atoms with E-state index in [1.165, 1.54) is 47.3 Å². The average Bonchev–Trinajstić information content (AvgIpc) is 2.94. The summed E-state index contributed by atoms with van der Waals surface area (Å²) in [5, 5.41) is 10.8. The summed E-state index contributed by atoms with van der Waals surface area (Å²) in [5.74, 6) is -0.0362. The summed E-state index contributed by atoms with van der Waals surface area (Å²) >= 11 is 5.09. The molecule has 1 N–H and O–H groups in total. The van der Waals surface area contributed by atoms with E-state index < -0.39 is 17.6 Å². The van der Waals surface area contributed by atoms with E-state index in [1.54, 1.807) is 0 Å². The van der Waals surface area contributed by atoms with Crippen LogP contribution < -0.4 is 0 Å². The van der Waals surface area contributed by atoms with Crippen LogP contribution >= 0.6 is 12.2 Å². The molecule has 25 heavy (non-hydrogen) atoms. The van der Waals surface area contributed by atoms with Crippen molar-refractivity contribution in [2.24, 2.45) is 5.10 Å². The first-order valence-electron chi connectivity index (χ1n) is 6.99. The highest BCUT2D eigenvalue weighted by Gasteiger charge is 2.29. The van der Waals surface area contributed by atoms with Gasteiger partial charge in [0.2, 0.25) is 4.77 Å². The summed E-state index contributed by atoms with van der Waals surface area (Å²) in [6, 6.07) is 10.1. The van der Waals surface area contributed by atoms with Crippen molar-refractivity contribution in [3.63, 3.8) is 0 Å². The van der Waals surface area contributed by atoms with Gasteiger partial charge < -0.3 is 0 Å². The molecule has 9 heteroatoms. The monoisotopic (exact) mass is 366 g/mol. The third-order valence-electron chi connectivity index (χ3n) is 3.31. The van der Waals surface area contributed by atoms with Gasteiger partial charge in [0.1, 0.15) is 5.82 Å². The van der Waals surface area contributed by atoms with Gasteiger partial charge in [-0.2, -0.15) is 28.0 Å². The number of benzene rings is 2. The molecule has 0 unspecified atom stereocenters. The molecule has 2 aromatic carbocycles. The Morgan fingerprint density at radius 1 is 1.04 bits per heavy atom. The molecule has 0 radical (unpaired) electrons. The Kier molecular flexibility index (Phi) is 4.49. The molecule has 0 bridgehead atoms. The second-order valence-electron chi connectivity index (χ2n) is 5.04. The molecule has 3 rings (SSSR count). The molecule has 0 spiro atoms. The molecular formula is C16H10F4N4S. The molecule has 0 aliphatic heterocycles. The van der Waals surface area contributed by atoms with Crippen molar-refractivity contribution in [2.75, 3.05) is 0 Å². The maximum absolute atomic E-state index is 13.0. The first-order chi connectivity index (χ1) is 11.8. The minimum atomic E-state index is -4.39. The lowest BCUT2D eigenvalue weighted by molar-refractivity contribution is -0.137. The van der Waals surface area contributed by atoms with Crippen molar-refractivity contribution in [1.82, 2.24) is 14.9 Å². The van der Waals surface area contributed by atoms with Gasteiger partial charge in [-0.15, -0.1) is 0 Å². The minimum absolute atomic E-state index is 0.197. The Bertz CT molecular complexity index is 954. The Hall–Kier alpha value is -2.81. The predicted octanol–water partition coefficient (Wildman–Crippen LogP) is 4.65. The van der Waals surface area contributed by atoms with Gasteiger partial charge in [0.25, 0.3) is 0 Å². The summed E-state index contributed by atoms with van der Waals surface area (Å²) < 4.78 is 52.2. The van der Waals surface area contributed by atoms with E-state index in [9.17, 15) is 17.6 Å². The van der Waals surface area contributed by atoms with Crippen LogP contribution in [0.15, 0.2) is 53.6 Å². The molecule has 0 amide bonds. The van der Waals surface area contributed by atoms with Crippen LogP contribution in [-0.4, -0.2) is 21.1 Å². The van der Waals surface area contributed by atoms with Gasteiger partial charge in [-0.05, 0) is 54.2 Å². The van der Waals surface area contributed by atoms with Gasteiger partial charge in [0, 0.05) is 5.56 Å². The number of halogens is 4. The number of nitrogens with zero attached hydrogens (tertiary/aromatic N) is 3. The van der Waals surface area contributed by atoms with Crippen LogP contribution in [0.3, 0.4) is 0 Å². The van der Waals surface area contributed by atoms with Gasteiger partial charge in [-0.1, -0.05) is 12.1 Å². The highest BCUT2D eigenvalue weighted by Crippen LogP contribution is 2.28. The van der Waals surface area contributed by atoms with Crippen LogP contribution in [-0.2, 0) is 6.18 Å². The van der Waals surface area contributed by atoms with Crippen LogP contribution in [0, 0.1) is 10.6 Å². The number of nitrogens with one attached hydrogen (secondary N) is 1. The number of hydrogen-bond donors (Lipinski definition) is 1. The molecule has 0 aliphatic carbocycles. The number of aromatic amines is 1. The largest absolute Gasteiger partial charge is 0.416 e. The van der Waals surface area contributed by atoms with Crippen molar-refractivity contribution < 1.29 is 17.6 Å². The number of hydrogen-bond acceptors (Lipinski definition) is 3. The normalized spacial score (nSPS) is 12.0. The molecule has 0 aliphatic rings. The molecule has 3 aromatic rings. The second kappa shape index (κ2) is 6.60. The first kappa shape index (κ1) is 17.0. The summed E-state index contributed by atoms with van der Waals surface area (Å²) in [4.78, 5) is 0. The maximum atomic E-state index is 13.0. The fourth-order valence-corrected chi connectivity index (χ4v) is 2.25. The van der Waals surface area contributed by atoms with Crippen LogP contribution in [0.1, 0.15) is 11.1 Å². The second-order valence-corrected chi connectivity index (χ2v) is 5.42. The molecule has 0 saturated heterocycles. The Morgan fingerprint density at radius 2 is 1.68 bits per heavy atom. The highest BCUT2D eigenvalue weighted by atomic mass is 32.1. The zero-order chi connectivity index (χ0) is 18.0. The van der Waals surface area contributed by atoms with E-state index in [4.69, 9.17) is 12.2 Å². The summed E-state index contributed by atoms with van der Waals surface area (Å²) in [6.07, 6.45) is -3.03. The average molecular weight is 366 g/mol. The third-order valence-corrected chi connectivity index (χ3v) is 3.58. The first-order valence-corrected chi connectivity index (χ1v) is 7.40. The standard InChI is InChI=1S/C16H10F4N4S/c17-13-7-3-11(4-8-13)14-22-23-15(25)24(14)21-9-10-1-5-12(6-2-10)16(18,19)20/h1-9H,(H,23,25). The van der Waals surface area contributed by atoms with Gasteiger partial charge in [-0.25, -0.2) is 9.49 Å².